The number of aliphatic hydroxyl groups is 3. The van der Waals surface area contributed by atoms with Crippen molar-refractivity contribution in [3.63, 3.8) is 0 Å². The zero-order chi connectivity index (χ0) is 20.9. The Balaban J connectivity index is 1.66. The summed E-state index contributed by atoms with van der Waals surface area (Å²) in [6.45, 7) is 6.07. The second-order valence-electron chi connectivity index (χ2n) is 10.3. The fraction of sp³-hybridized carbons (Fsp3) is 0.720. The third-order valence-corrected chi connectivity index (χ3v) is 8.44. The topological polar surface area (TPSA) is 77.8 Å². The van der Waals surface area contributed by atoms with Crippen LogP contribution >= 0.6 is 0 Å². The first-order valence-corrected chi connectivity index (χ1v) is 11.4. The molecule has 2 fully saturated rings. The molecule has 160 valence electrons. The van der Waals surface area contributed by atoms with E-state index >= 15 is 0 Å². The molecule has 8 atom stereocenters. The first kappa shape index (κ1) is 21.0. The van der Waals surface area contributed by atoms with Crippen molar-refractivity contribution in [3.05, 3.63) is 34.9 Å². The number of rotatable bonds is 3. The van der Waals surface area contributed by atoms with E-state index in [0.717, 1.165) is 32.1 Å². The standard InChI is InChI=1S/C25H36O4/c1-14(10-23(28)15(2)26)21-6-7-22-20-13-24(29)17-11-16(4-5-18(27)12-17)19(20)8-9-25(21,22)3/h4,10,13,15,17-19,21-23,26-28H,5-9,11-12H2,1-3H3/b14-10+/t15-,17+,18+,19-,21+,22+,23+,25-/m1/s1. The van der Waals surface area contributed by atoms with Gasteiger partial charge in [-0.05, 0) is 82.1 Å². The molecule has 0 aromatic carbocycles. The Labute approximate surface area is 174 Å². The van der Waals surface area contributed by atoms with Crippen molar-refractivity contribution < 1.29 is 20.1 Å². The Morgan fingerprint density at radius 2 is 2.03 bits per heavy atom. The molecular formula is C25H36O4. The quantitative estimate of drug-likeness (QED) is 0.631. The molecule has 0 heterocycles. The number of hydrogen-bond acceptors (Lipinski definition) is 4. The van der Waals surface area contributed by atoms with Gasteiger partial charge in [0.15, 0.2) is 5.78 Å². The lowest BCUT2D eigenvalue weighted by Crippen LogP contribution is -2.37. The van der Waals surface area contributed by atoms with Crippen LogP contribution in [0.1, 0.15) is 65.7 Å². The van der Waals surface area contributed by atoms with Gasteiger partial charge in [0, 0.05) is 11.8 Å². The van der Waals surface area contributed by atoms with Gasteiger partial charge in [0.25, 0.3) is 0 Å². The number of hydrogen-bond donors (Lipinski definition) is 3. The molecule has 0 radical (unpaired) electrons. The van der Waals surface area contributed by atoms with E-state index < -0.39 is 18.3 Å². The molecule has 29 heavy (non-hydrogen) atoms. The fourth-order valence-corrected chi connectivity index (χ4v) is 6.82. The molecule has 0 aromatic heterocycles. The zero-order valence-corrected chi connectivity index (χ0v) is 18.0. The summed E-state index contributed by atoms with van der Waals surface area (Å²) in [6, 6.07) is 0. The fourth-order valence-electron chi connectivity index (χ4n) is 6.82. The minimum Gasteiger partial charge on any atom is -0.393 e. The lowest BCUT2D eigenvalue weighted by Gasteiger charge is -2.46. The molecule has 0 unspecified atom stereocenters. The molecule has 4 aliphatic carbocycles. The van der Waals surface area contributed by atoms with Crippen LogP contribution in [0.5, 0.6) is 0 Å². The summed E-state index contributed by atoms with van der Waals surface area (Å²) in [4.78, 5) is 13.0. The Morgan fingerprint density at radius 3 is 2.76 bits per heavy atom. The monoisotopic (exact) mass is 400 g/mol. The number of carbonyl (C=O) groups excluding carboxylic acids is 1. The number of allylic oxidation sites excluding steroid dienone is 4. The molecule has 4 rings (SSSR count). The van der Waals surface area contributed by atoms with Crippen molar-refractivity contribution in [2.24, 2.45) is 29.1 Å². The number of fused-ring (bicyclic) bond motifs is 6. The molecule has 0 aromatic rings. The van der Waals surface area contributed by atoms with Crippen molar-refractivity contribution in [2.75, 3.05) is 0 Å². The van der Waals surface area contributed by atoms with Gasteiger partial charge in [-0.25, -0.2) is 0 Å². The minimum absolute atomic E-state index is 0.0665. The molecular weight excluding hydrogens is 364 g/mol. The Kier molecular flexibility index (Phi) is 5.65. The van der Waals surface area contributed by atoms with E-state index in [1.54, 1.807) is 6.92 Å². The van der Waals surface area contributed by atoms with Crippen molar-refractivity contribution in [1.82, 2.24) is 0 Å². The minimum atomic E-state index is -0.827. The highest BCUT2D eigenvalue weighted by molar-refractivity contribution is 5.93. The van der Waals surface area contributed by atoms with Crippen molar-refractivity contribution in [2.45, 2.75) is 84.0 Å². The van der Waals surface area contributed by atoms with Crippen molar-refractivity contribution in [1.29, 1.82) is 0 Å². The van der Waals surface area contributed by atoms with Crippen LogP contribution in [0.15, 0.2) is 34.9 Å². The number of aliphatic hydroxyl groups excluding tert-OH is 3. The summed E-state index contributed by atoms with van der Waals surface area (Å²) in [7, 11) is 0. The second-order valence-corrected chi connectivity index (χ2v) is 10.3. The molecule has 4 nitrogen and oxygen atoms in total. The largest absolute Gasteiger partial charge is 0.393 e. The van der Waals surface area contributed by atoms with E-state index in [2.05, 4.69) is 19.9 Å². The highest BCUT2D eigenvalue weighted by Crippen LogP contribution is 2.62. The SMILES string of the molecule is C/C(=C\[C@H](O)[C@@H](C)O)[C@@H]1CC[C@H]2C3=CC(=O)[C@H]4CC(=CC[C@H](O)C4)[C@H]3CC[C@@]21C. The smallest absolute Gasteiger partial charge is 0.159 e. The summed E-state index contributed by atoms with van der Waals surface area (Å²) in [5.41, 5.74) is 3.97. The van der Waals surface area contributed by atoms with E-state index in [0.29, 0.717) is 30.6 Å². The molecule has 0 amide bonds. The van der Waals surface area contributed by atoms with Gasteiger partial charge in [-0.3, -0.25) is 4.79 Å². The molecule has 2 bridgehead atoms. The van der Waals surface area contributed by atoms with E-state index in [4.69, 9.17) is 0 Å². The number of carbonyl (C=O) groups is 1. The molecule has 0 spiro atoms. The van der Waals surface area contributed by atoms with Gasteiger partial charge in [0.1, 0.15) is 0 Å². The molecule has 3 N–H and O–H groups in total. The maximum Gasteiger partial charge on any atom is 0.159 e. The summed E-state index contributed by atoms with van der Waals surface area (Å²) in [6.07, 6.45) is 10.4. The molecule has 4 heteroatoms. The molecule has 4 aliphatic rings. The van der Waals surface area contributed by atoms with E-state index in [-0.39, 0.29) is 17.1 Å². The van der Waals surface area contributed by atoms with Crippen LogP contribution in [0.25, 0.3) is 0 Å². The van der Waals surface area contributed by atoms with Crippen LogP contribution in [0.2, 0.25) is 0 Å². The highest BCUT2D eigenvalue weighted by atomic mass is 16.3. The van der Waals surface area contributed by atoms with E-state index in [1.807, 2.05) is 12.2 Å². The summed E-state index contributed by atoms with van der Waals surface area (Å²) < 4.78 is 0. The first-order chi connectivity index (χ1) is 13.7. The Morgan fingerprint density at radius 1 is 1.28 bits per heavy atom. The lowest BCUT2D eigenvalue weighted by atomic mass is 9.58. The van der Waals surface area contributed by atoms with Gasteiger partial charge >= 0.3 is 0 Å². The molecule has 0 aliphatic heterocycles. The predicted octanol–water partition coefficient (Wildman–Crippen LogP) is 3.71. The molecule has 0 saturated heterocycles. The van der Waals surface area contributed by atoms with Gasteiger partial charge in [0.05, 0.1) is 18.3 Å². The summed E-state index contributed by atoms with van der Waals surface area (Å²) in [5.74, 6) is 1.27. The Bertz CT molecular complexity index is 761. The van der Waals surface area contributed by atoms with Gasteiger partial charge < -0.3 is 15.3 Å². The van der Waals surface area contributed by atoms with Gasteiger partial charge in [-0.2, -0.15) is 0 Å². The Hall–Kier alpha value is -1.23. The first-order valence-electron chi connectivity index (χ1n) is 11.4. The summed E-state index contributed by atoms with van der Waals surface area (Å²) >= 11 is 0. The van der Waals surface area contributed by atoms with Crippen LogP contribution < -0.4 is 0 Å². The summed E-state index contributed by atoms with van der Waals surface area (Å²) in [5, 5.41) is 30.0. The normalized spacial score (nSPS) is 42.1. The van der Waals surface area contributed by atoms with Crippen LogP contribution in [0, 0.1) is 29.1 Å². The van der Waals surface area contributed by atoms with Crippen LogP contribution in [0.3, 0.4) is 0 Å². The maximum absolute atomic E-state index is 13.0. The maximum atomic E-state index is 13.0. The second kappa shape index (κ2) is 7.79. The van der Waals surface area contributed by atoms with Crippen molar-refractivity contribution >= 4 is 5.78 Å². The van der Waals surface area contributed by atoms with Crippen LogP contribution in [-0.2, 0) is 4.79 Å². The van der Waals surface area contributed by atoms with Gasteiger partial charge in [-0.1, -0.05) is 35.8 Å². The lowest BCUT2D eigenvalue weighted by molar-refractivity contribution is -0.119. The third-order valence-electron chi connectivity index (χ3n) is 8.44. The average molecular weight is 401 g/mol. The third kappa shape index (κ3) is 3.68. The number of ketones is 1. The van der Waals surface area contributed by atoms with Gasteiger partial charge in [0.2, 0.25) is 0 Å². The molecule has 2 saturated carbocycles. The highest BCUT2D eigenvalue weighted by Gasteiger charge is 2.53. The van der Waals surface area contributed by atoms with Crippen LogP contribution in [0.4, 0.5) is 0 Å². The predicted molar refractivity (Wildman–Crippen MR) is 113 cm³/mol. The van der Waals surface area contributed by atoms with Crippen molar-refractivity contribution in [3.8, 4) is 0 Å². The average Bonchev–Trinajstić information content (AvgIpc) is 2.80. The van der Waals surface area contributed by atoms with Crippen LogP contribution in [-0.4, -0.2) is 39.4 Å². The van der Waals surface area contributed by atoms with E-state index in [1.165, 1.54) is 16.7 Å². The zero-order valence-electron chi connectivity index (χ0n) is 18.0. The van der Waals surface area contributed by atoms with Gasteiger partial charge in [-0.15, -0.1) is 0 Å². The van der Waals surface area contributed by atoms with E-state index in [9.17, 15) is 20.1 Å².